The third-order valence-corrected chi connectivity index (χ3v) is 8.30. The van der Waals surface area contributed by atoms with Gasteiger partial charge in [-0.25, -0.2) is 9.37 Å². The topological polar surface area (TPSA) is 112 Å². The SMILES string of the molecule is Cc1ncsc1-c1ccc(CNC(=O)[C@@H]2CCCN2C(=O)C(NC(=O)C2(F)CCC2)C(C)(C)C)c(O)c1. The minimum absolute atomic E-state index is 0.0663. The van der Waals surface area contributed by atoms with E-state index >= 15 is 0 Å². The summed E-state index contributed by atoms with van der Waals surface area (Å²) < 4.78 is 14.7. The van der Waals surface area contributed by atoms with E-state index in [9.17, 15) is 23.9 Å². The Labute approximate surface area is 220 Å². The fourth-order valence-electron chi connectivity index (χ4n) is 4.83. The first-order valence-corrected chi connectivity index (χ1v) is 13.6. The number of thiazole rings is 1. The normalized spacial score (nSPS) is 19.7. The average Bonchev–Trinajstić information content (AvgIpc) is 3.48. The molecule has 37 heavy (non-hydrogen) atoms. The maximum Gasteiger partial charge on any atom is 0.258 e. The number of likely N-dealkylation sites (tertiary alicyclic amines) is 1. The molecule has 3 N–H and O–H groups in total. The summed E-state index contributed by atoms with van der Waals surface area (Å²) in [5.41, 5.74) is 1.47. The van der Waals surface area contributed by atoms with Crippen LogP contribution in [0.25, 0.3) is 10.4 Å². The van der Waals surface area contributed by atoms with E-state index in [1.807, 2.05) is 33.8 Å². The Balaban J connectivity index is 1.42. The number of carbonyl (C=O) groups is 3. The Morgan fingerprint density at radius 3 is 2.57 bits per heavy atom. The van der Waals surface area contributed by atoms with Crippen LogP contribution in [0.2, 0.25) is 0 Å². The van der Waals surface area contributed by atoms with Crippen LogP contribution in [-0.2, 0) is 20.9 Å². The summed E-state index contributed by atoms with van der Waals surface area (Å²) in [6.07, 6.45) is 2.11. The number of phenols is 1. The van der Waals surface area contributed by atoms with Gasteiger partial charge in [-0.15, -0.1) is 11.3 Å². The number of aryl methyl sites for hydroxylation is 1. The first-order valence-electron chi connectivity index (χ1n) is 12.7. The smallest absolute Gasteiger partial charge is 0.258 e. The number of amides is 3. The lowest BCUT2D eigenvalue weighted by Crippen LogP contribution is -2.61. The fourth-order valence-corrected chi connectivity index (χ4v) is 5.63. The average molecular weight is 531 g/mol. The highest BCUT2D eigenvalue weighted by Gasteiger charge is 2.48. The number of alkyl halides is 1. The number of rotatable bonds is 7. The Bertz CT molecular complexity index is 1190. The van der Waals surface area contributed by atoms with Gasteiger partial charge in [0.1, 0.15) is 17.8 Å². The van der Waals surface area contributed by atoms with E-state index < -0.39 is 29.1 Å². The van der Waals surface area contributed by atoms with E-state index in [2.05, 4.69) is 15.6 Å². The van der Waals surface area contributed by atoms with Crippen molar-refractivity contribution in [2.24, 2.45) is 5.41 Å². The van der Waals surface area contributed by atoms with Crippen molar-refractivity contribution in [3.05, 3.63) is 35.0 Å². The molecule has 1 aliphatic heterocycles. The van der Waals surface area contributed by atoms with Gasteiger partial charge in [-0.05, 0) is 56.1 Å². The number of halogens is 1. The minimum atomic E-state index is -1.91. The molecule has 1 unspecified atom stereocenters. The molecule has 1 saturated carbocycles. The number of hydrogen-bond donors (Lipinski definition) is 3. The zero-order chi connectivity index (χ0) is 27.0. The summed E-state index contributed by atoms with van der Waals surface area (Å²) in [7, 11) is 0. The Kier molecular flexibility index (Phi) is 7.60. The number of hydrogen-bond acceptors (Lipinski definition) is 6. The molecule has 2 aliphatic rings. The van der Waals surface area contributed by atoms with E-state index in [1.54, 1.807) is 17.6 Å². The molecule has 2 aromatic rings. The van der Waals surface area contributed by atoms with E-state index in [0.29, 0.717) is 31.4 Å². The van der Waals surface area contributed by atoms with Crippen molar-refractivity contribution in [1.82, 2.24) is 20.5 Å². The monoisotopic (exact) mass is 530 g/mol. The van der Waals surface area contributed by atoms with Crippen LogP contribution in [0.4, 0.5) is 4.39 Å². The van der Waals surface area contributed by atoms with Gasteiger partial charge in [-0.3, -0.25) is 14.4 Å². The number of benzene rings is 1. The number of aromatic hydroxyl groups is 1. The van der Waals surface area contributed by atoms with Crippen LogP contribution in [-0.4, -0.2) is 57.0 Å². The van der Waals surface area contributed by atoms with Gasteiger partial charge < -0.3 is 20.6 Å². The molecule has 4 rings (SSSR count). The standard InChI is InChI=1S/C27H35FN4O4S/c1-16-21(37-15-30-16)17-8-9-18(20(33)13-17)14-29-23(34)19-7-5-12-32(19)24(35)22(26(2,3)4)31-25(36)27(28)10-6-11-27/h8-9,13,15,19,22,33H,5-7,10-12,14H2,1-4H3,(H,29,34)(H,31,36)/t19-,22?/m0/s1. The molecule has 3 amide bonds. The number of nitrogens with one attached hydrogen (secondary N) is 2. The van der Waals surface area contributed by atoms with Gasteiger partial charge in [-0.1, -0.05) is 32.9 Å². The molecule has 0 spiro atoms. The summed E-state index contributed by atoms with van der Waals surface area (Å²) in [6.45, 7) is 7.83. The van der Waals surface area contributed by atoms with Crippen LogP contribution >= 0.6 is 11.3 Å². The van der Waals surface area contributed by atoms with Gasteiger partial charge in [0.15, 0.2) is 5.67 Å². The molecule has 0 radical (unpaired) electrons. The summed E-state index contributed by atoms with van der Waals surface area (Å²) in [6, 6.07) is 3.65. The Hall–Kier alpha value is -3.01. The van der Waals surface area contributed by atoms with Crippen LogP contribution in [0.1, 0.15) is 64.1 Å². The quantitative estimate of drug-likeness (QED) is 0.504. The molecular formula is C27H35FN4O4S. The van der Waals surface area contributed by atoms with Crippen LogP contribution in [0.15, 0.2) is 23.7 Å². The van der Waals surface area contributed by atoms with Crippen molar-refractivity contribution in [3.63, 3.8) is 0 Å². The molecule has 10 heteroatoms. The zero-order valence-electron chi connectivity index (χ0n) is 21.8. The summed E-state index contributed by atoms with van der Waals surface area (Å²) in [5, 5.41) is 16.0. The largest absolute Gasteiger partial charge is 0.508 e. The second-order valence-corrected chi connectivity index (χ2v) is 12.0. The van der Waals surface area contributed by atoms with Gasteiger partial charge >= 0.3 is 0 Å². The predicted molar refractivity (Wildman–Crippen MR) is 140 cm³/mol. The molecule has 200 valence electrons. The highest BCUT2D eigenvalue weighted by Crippen LogP contribution is 2.37. The van der Waals surface area contributed by atoms with Crippen molar-refractivity contribution in [3.8, 4) is 16.2 Å². The fraction of sp³-hybridized carbons (Fsp3) is 0.556. The molecule has 8 nitrogen and oxygen atoms in total. The maximum atomic E-state index is 14.7. The molecule has 1 aromatic heterocycles. The molecule has 1 aromatic carbocycles. The Morgan fingerprint density at radius 1 is 1.27 bits per heavy atom. The second-order valence-electron chi connectivity index (χ2n) is 11.1. The van der Waals surface area contributed by atoms with Crippen molar-refractivity contribution in [1.29, 1.82) is 0 Å². The van der Waals surface area contributed by atoms with Crippen LogP contribution in [0.5, 0.6) is 5.75 Å². The van der Waals surface area contributed by atoms with Gasteiger partial charge in [0.05, 0.1) is 16.1 Å². The predicted octanol–water partition coefficient (Wildman–Crippen LogP) is 3.85. The third kappa shape index (κ3) is 5.63. The molecule has 1 aliphatic carbocycles. The van der Waals surface area contributed by atoms with Crippen LogP contribution < -0.4 is 10.6 Å². The lowest BCUT2D eigenvalue weighted by Gasteiger charge is -2.39. The summed E-state index contributed by atoms with van der Waals surface area (Å²) in [4.78, 5) is 45.9. The lowest BCUT2D eigenvalue weighted by molar-refractivity contribution is -0.148. The summed E-state index contributed by atoms with van der Waals surface area (Å²) >= 11 is 1.49. The van der Waals surface area contributed by atoms with Gasteiger partial charge in [0.2, 0.25) is 11.8 Å². The third-order valence-electron chi connectivity index (χ3n) is 7.33. The van der Waals surface area contributed by atoms with Crippen molar-refractivity contribution >= 4 is 29.1 Å². The maximum absolute atomic E-state index is 14.7. The zero-order valence-corrected chi connectivity index (χ0v) is 22.6. The van der Waals surface area contributed by atoms with Crippen molar-refractivity contribution in [2.75, 3.05) is 6.54 Å². The first-order chi connectivity index (χ1) is 17.4. The summed E-state index contributed by atoms with van der Waals surface area (Å²) in [5.74, 6) is -1.39. The number of carbonyl (C=O) groups excluding carboxylic acids is 3. The van der Waals surface area contributed by atoms with Gasteiger partial charge in [0, 0.05) is 18.7 Å². The molecule has 2 fully saturated rings. The number of nitrogens with zero attached hydrogens (tertiary/aromatic N) is 2. The van der Waals surface area contributed by atoms with E-state index in [0.717, 1.165) is 16.1 Å². The van der Waals surface area contributed by atoms with Gasteiger partial charge in [0.25, 0.3) is 5.91 Å². The molecule has 2 atom stereocenters. The van der Waals surface area contributed by atoms with E-state index in [1.165, 1.54) is 16.2 Å². The van der Waals surface area contributed by atoms with Crippen LogP contribution in [0, 0.1) is 12.3 Å². The molecule has 0 bridgehead atoms. The molecular weight excluding hydrogens is 495 g/mol. The highest BCUT2D eigenvalue weighted by molar-refractivity contribution is 7.13. The van der Waals surface area contributed by atoms with E-state index in [-0.39, 0.29) is 37.0 Å². The highest BCUT2D eigenvalue weighted by atomic mass is 32.1. The number of aromatic nitrogens is 1. The molecule has 2 heterocycles. The molecule has 1 saturated heterocycles. The van der Waals surface area contributed by atoms with Gasteiger partial charge in [-0.2, -0.15) is 0 Å². The first kappa shape index (κ1) is 27.0. The Morgan fingerprint density at radius 2 is 2.00 bits per heavy atom. The van der Waals surface area contributed by atoms with Crippen LogP contribution in [0.3, 0.4) is 0 Å². The number of phenolic OH excluding ortho intramolecular Hbond substituents is 1. The second kappa shape index (κ2) is 10.4. The lowest BCUT2D eigenvalue weighted by atomic mass is 9.79. The van der Waals surface area contributed by atoms with Crippen molar-refractivity contribution < 1.29 is 23.9 Å². The van der Waals surface area contributed by atoms with E-state index in [4.69, 9.17) is 0 Å². The minimum Gasteiger partial charge on any atom is -0.508 e. The van der Waals surface area contributed by atoms with Crippen molar-refractivity contribution in [2.45, 2.75) is 84.1 Å².